The molecule has 0 radical (unpaired) electrons. The van der Waals surface area contributed by atoms with Crippen molar-refractivity contribution < 1.29 is 14.4 Å². The van der Waals surface area contributed by atoms with Gasteiger partial charge in [0.15, 0.2) is 0 Å². The Morgan fingerprint density at radius 2 is 1.62 bits per heavy atom. The van der Waals surface area contributed by atoms with Crippen molar-refractivity contribution in [1.82, 2.24) is 14.4 Å². The molecule has 29 heavy (non-hydrogen) atoms. The third kappa shape index (κ3) is 3.68. The number of piperidine rings is 1. The summed E-state index contributed by atoms with van der Waals surface area (Å²) in [5, 5.41) is 0.734. The molecule has 2 aliphatic rings. The first kappa shape index (κ1) is 19.7. The number of benzene rings is 1. The van der Waals surface area contributed by atoms with Crippen molar-refractivity contribution in [1.29, 1.82) is 0 Å². The number of para-hydroxylation sites is 1. The number of likely N-dealkylation sites (tertiary alicyclic amines) is 2. The second-order valence-electron chi connectivity index (χ2n) is 8.45. The van der Waals surface area contributed by atoms with E-state index in [1.54, 1.807) is 11.1 Å². The zero-order valence-electron chi connectivity index (χ0n) is 17.3. The number of carbonyl (C=O) groups is 3. The summed E-state index contributed by atoms with van der Waals surface area (Å²) in [5.74, 6) is -0.848. The highest BCUT2D eigenvalue weighted by Crippen LogP contribution is 2.26. The molecule has 2 atom stereocenters. The van der Waals surface area contributed by atoms with Crippen LogP contribution in [0.5, 0.6) is 0 Å². The summed E-state index contributed by atoms with van der Waals surface area (Å²) in [4.78, 5) is 42.3. The van der Waals surface area contributed by atoms with E-state index in [1.807, 2.05) is 33.7 Å². The minimum absolute atomic E-state index is 0.0651. The van der Waals surface area contributed by atoms with Crippen molar-refractivity contribution in [2.45, 2.75) is 64.6 Å². The average molecular weight is 396 g/mol. The number of fused-ring (bicyclic) bond motifs is 1. The van der Waals surface area contributed by atoms with Gasteiger partial charge in [-0.2, -0.15) is 0 Å². The predicted octanol–water partition coefficient (Wildman–Crippen LogP) is 3.24. The van der Waals surface area contributed by atoms with E-state index in [1.165, 1.54) is 0 Å². The number of aromatic nitrogens is 1. The number of ketones is 1. The predicted molar refractivity (Wildman–Crippen MR) is 112 cm³/mol. The molecule has 0 saturated carbocycles. The minimum atomic E-state index is -0.478. The van der Waals surface area contributed by atoms with Crippen molar-refractivity contribution in [2.75, 3.05) is 13.1 Å². The van der Waals surface area contributed by atoms with Crippen LogP contribution in [0.3, 0.4) is 0 Å². The first-order valence-corrected chi connectivity index (χ1v) is 10.7. The number of nitrogens with zero attached hydrogens (tertiary/aromatic N) is 3. The van der Waals surface area contributed by atoms with E-state index in [9.17, 15) is 14.4 Å². The van der Waals surface area contributed by atoms with Crippen LogP contribution < -0.4 is 0 Å². The molecule has 1 aromatic carbocycles. The molecule has 1 aromatic heterocycles. The lowest BCUT2D eigenvalue weighted by atomic mass is 9.97. The van der Waals surface area contributed by atoms with Gasteiger partial charge >= 0.3 is 0 Å². The van der Waals surface area contributed by atoms with Crippen molar-refractivity contribution in [3.05, 3.63) is 36.0 Å². The molecule has 6 heteroatoms. The van der Waals surface area contributed by atoms with Crippen LogP contribution in [0.2, 0.25) is 0 Å². The van der Waals surface area contributed by atoms with Gasteiger partial charge in [-0.25, -0.2) is 0 Å². The summed E-state index contributed by atoms with van der Waals surface area (Å²) in [6.45, 7) is 5.68. The zero-order valence-corrected chi connectivity index (χ0v) is 17.3. The van der Waals surface area contributed by atoms with Gasteiger partial charge in [0, 0.05) is 42.3 Å². The van der Waals surface area contributed by atoms with E-state index in [2.05, 4.69) is 13.8 Å². The molecule has 2 fully saturated rings. The Labute approximate surface area is 171 Å². The van der Waals surface area contributed by atoms with Gasteiger partial charge in [-0.1, -0.05) is 18.2 Å². The van der Waals surface area contributed by atoms with Gasteiger partial charge in [0.05, 0.1) is 5.56 Å². The smallest absolute Gasteiger partial charge is 0.295 e. The van der Waals surface area contributed by atoms with Crippen LogP contribution in [0.25, 0.3) is 10.9 Å². The molecule has 2 saturated heterocycles. The van der Waals surface area contributed by atoms with Crippen molar-refractivity contribution in [3.8, 4) is 0 Å². The van der Waals surface area contributed by atoms with Crippen LogP contribution in [-0.4, -0.2) is 57.1 Å². The second-order valence-corrected chi connectivity index (χ2v) is 8.45. The minimum Gasteiger partial charge on any atom is -0.337 e. The Balaban J connectivity index is 1.63. The van der Waals surface area contributed by atoms with Crippen LogP contribution in [0, 0.1) is 0 Å². The molecular formula is C23H29N3O3. The molecule has 0 aliphatic carbocycles. The first-order chi connectivity index (χ1) is 14.0. The number of hydrogen-bond donors (Lipinski definition) is 0. The maximum Gasteiger partial charge on any atom is 0.295 e. The molecule has 0 N–H and O–H groups in total. The van der Waals surface area contributed by atoms with Gasteiger partial charge in [-0.3, -0.25) is 14.4 Å². The molecule has 154 valence electrons. The Hall–Kier alpha value is -2.63. The fraction of sp³-hybridized carbons (Fsp3) is 0.522. The molecule has 0 unspecified atom stereocenters. The molecule has 0 spiro atoms. The SMILES string of the molecule is C[C@@H]1CCC[C@@H](C)N1C(=O)Cn1cc(C(=O)C(=O)N2CCCC2)c2ccccc21. The van der Waals surface area contributed by atoms with Crippen LogP contribution in [0.15, 0.2) is 30.5 Å². The standard InChI is InChI=1S/C23H29N3O3/c1-16-8-7-9-17(2)26(16)21(27)15-25-14-19(18-10-3-4-11-20(18)25)22(28)23(29)24-12-5-6-13-24/h3-4,10-11,14,16-17H,5-9,12-13,15H2,1-2H3/t16-,17-/m1/s1. The van der Waals surface area contributed by atoms with Gasteiger partial charge in [0.25, 0.3) is 11.7 Å². The van der Waals surface area contributed by atoms with Gasteiger partial charge < -0.3 is 14.4 Å². The van der Waals surface area contributed by atoms with Gasteiger partial charge in [-0.15, -0.1) is 0 Å². The molecule has 4 rings (SSSR count). The van der Waals surface area contributed by atoms with Crippen LogP contribution in [-0.2, 0) is 16.1 Å². The van der Waals surface area contributed by atoms with Crippen molar-refractivity contribution in [2.24, 2.45) is 0 Å². The molecule has 0 bridgehead atoms. The summed E-state index contributed by atoms with van der Waals surface area (Å²) >= 11 is 0. The molecule has 3 heterocycles. The lowest BCUT2D eigenvalue weighted by Crippen LogP contribution is -2.48. The zero-order chi connectivity index (χ0) is 20.5. The maximum atomic E-state index is 13.1. The van der Waals surface area contributed by atoms with Crippen LogP contribution >= 0.6 is 0 Å². The van der Waals surface area contributed by atoms with E-state index in [0.29, 0.717) is 18.7 Å². The monoisotopic (exact) mass is 395 g/mol. The van der Waals surface area contributed by atoms with Gasteiger partial charge in [-0.05, 0) is 52.0 Å². The van der Waals surface area contributed by atoms with E-state index in [-0.39, 0.29) is 24.5 Å². The molecular weight excluding hydrogens is 366 g/mol. The maximum absolute atomic E-state index is 13.1. The number of Topliss-reactive ketones (excluding diaryl/α,β-unsaturated/α-hetero) is 1. The van der Waals surface area contributed by atoms with Crippen LogP contribution in [0.4, 0.5) is 0 Å². The van der Waals surface area contributed by atoms with Crippen molar-refractivity contribution in [3.63, 3.8) is 0 Å². The summed E-state index contributed by atoms with van der Waals surface area (Å²) < 4.78 is 1.83. The normalized spacial score (nSPS) is 22.3. The van der Waals surface area contributed by atoms with E-state index < -0.39 is 11.7 Å². The molecule has 2 amide bonds. The number of amides is 2. The Kier molecular flexibility index (Phi) is 5.43. The summed E-state index contributed by atoms with van der Waals surface area (Å²) in [6, 6.07) is 7.97. The van der Waals surface area contributed by atoms with Gasteiger partial charge in [0.1, 0.15) is 6.54 Å². The number of hydrogen-bond acceptors (Lipinski definition) is 3. The Morgan fingerprint density at radius 3 is 2.31 bits per heavy atom. The first-order valence-electron chi connectivity index (χ1n) is 10.7. The lowest BCUT2D eigenvalue weighted by Gasteiger charge is -2.39. The molecule has 6 nitrogen and oxygen atoms in total. The Bertz CT molecular complexity index is 932. The molecule has 2 aliphatic heterocycles. The Morgan fingerprint density at radius 1 is 0.966 bits per heavy atom. The second kappa shape index (κ2) is 8.01. The topological polar surface area (TPSA) is 62.6 Å². The van der Waals surface area contributed by atoms with E-state index in [4.69, 9.17) is 0 Å². The average Bonchev–Trinajstić information content (AvgIpc) is 3.36. The largest absolute Gasteiger partial charge is 0.337 e. The number of rotatable bonds is 4. The third-order valence-electron chi connectivity index (χ3n) is 6.41. The fourth-order valence-electron chi connectivity index (χ4n) is 4.88. The fourth-order valence-corrected chi connectivity index (χ4v) is 4.88. The highest BCUT2D eigenvalue weighted by atomic mass is 16.2. The highest BCUT2D eigenvalue weighted by molar-refractivity contribution is 6.44. The third-order valence-corrected chi connectivity index (χ3v) is 6.41. The van der Waals surface area contributed by atoms with Crippen molar-refractivity contribution >= 4 is 28.5 Å². The van der Waals surface area contributed by atoms with E-state index >= 15 is 0 Å². The van der Waals surface area contributed by atoms with Crippen LogP contribution in [0.1, 0.15) is 56.3 Å². The quantitative estimate of drug-likeness (QED) is 0.590. The number of carbonyl (C=O) groups excluding carboxylic acids is 3. The summed E-state index contributed by atoms with van der Waals surface area (Å²) in [6.07, 6.45) is 6.78. The summed E-state index contributed by atoms with van der Waals surface area (Å²) in [7, 11) is 0. The molecule has 2 aromatic rings. The highest BCUT2D eigenvalue weighted by Gasteiger charge is 2.31. The van der Waals surface area contributed by atoms with Gasteiger partial charge in [0.2, 0.25) is 5.91 Å². The lowest BCUT2D eigenvalue weighted by molar-refractivity contribution is -0.137. The summed E-state index contributed by atoms with van der Waals surface area (Å²) in [5.41, 5.74) is 1.21. The van der Waals surface area contributed by atoms with E-state index in [0.717, 1.165) is 43.0 Å².